The largest absolute Gasteiger partial charge is 0.494 e. The molecule has 1 fully saturated rings. The monoisotopic (exact) mass is 426 g/mol. The highest BCUT2D eigenvalue weighted by Crippen LogP contribution is 2.30. The van der Waals surface area contributed by atoms with Crippen LogP contribution in [0.2, 0.25) is 0 Å². The zero-order valence-electron chi connectivity index (χ0n) is 16.4. The number of rotatable bonds is 6. The van der Waals surface area contributed by atoms with Gasteiger partial charge in [-0.25, -0.2) is 0 Å². The molecule has 0 aromatic heterocycles. The molecule has 8 nitrogen and oxygen atoms in total. The molecule has 0 bridgehead atoms. The van der Waals surface area contributed by atoms with Gasteiger partial charge in [-0.1, -0.05) is 0 Å². The van der Waals surface area contributed by atoms with Gasteiger partial charge in [0.25, 0.3) is 11.8 Å². The molecular formula is C21H22N4O4S. The van der Waals surface area contributed by atoms with Gasteiger partial charge >= 0.3 is 0 Å². The number of carbonyl (C=O) groups excluding carboxylic acids is 3. The third-order valence-electron chi connectivity index (χ3n) is 4.31. The molecule has 1 aliphatic carbocycles. The summed E-state index contributed by atoms with van der Waals surface area (Å²) in [6.07, 6.45) is 1.85. The van der Waals surface area contributed by atoms with E-state index in [0.717, 1.165) is 12.8 Å². The van der Waals surface area contributed by atoms with Crippen molar-refractivity contribution in [2.24, 2.45) is 5.92 Å². The molecule has 0 spiro atoms. The van der Waals surface area contributed by atoms with Crippen LogP contribution in [0.3, 0.4) is 0 Å². The molecule has 4 N–H and O–H groups in total. The van der Waals surface area contributed by atoms with Crippen molar-refractivity contribution in [1.29, 1.82) is 0 Å². The second-order valence-corrected chi connectivity index (χ2v) is 7.07. The van der Waals surface area contributed by atoms with Crippen LogP contribution < -0.4 is 26.2 Å². The summed E-state index contributed by atoms with van der Waals surface area (Å²) >= 11 is 5.03. The van der Waals surface area contributed by atoms with Gasteiger partial charge in [0.2, 0.25) is 5.91 Å². The Kier molecular flexibility index (Phi) is 6.97. The van der Waals surface area contributed by atoms with Gasteiger partial charge in [-0.3, -0.25) is 30.6 Å². The molecule has 0 atom stereocenters. The number of anilines is 1. The summed E-state index contributed by atoms with van der Waals surface area (Å²) in [6, 6.07) is 13.1. The van der Waals surface area contributed by atoms with Crippen LogP contribution in [0.15, 0.2) is 48.5 Å². The molecular weight excluding hydrogens is 404 g/mol. The van der Waals surface area contributed by atoms with Gasteiger partial charge in [0.05, 0.1) is 6.61 Å². The molecule has 0 radical (unpaired) electrons. The Bertz CT molecular complexity index is 940. The van der Waals surface area contributed by atoms with Gasteiger partial charge in [0, 0.05) is 22.7 Å². The summed E-state index contributed by atoms with van der Waals surface area (Å²) in [7, 11) is 0. The van der Waals surface area contributed by atoms with Gasteiger partial charge in [0.15, 0.2) is 5.11 Å². The van der Waals surface area contributed by atoms with Gasteiger partial charge in [-0.15, -0.1) is 0 Å². The van der Waals surface area contributed by atoms with Crippen LogP contribution in [0.1, 0.15) is 40.5 Å². The summed E-state index contributed by atoms with van der Waals surface area (Å²) in [5, 5.41) is 5.24. The number of hydrogen-bond acceptors (Lipinski definition) is 5. The minimum absolute atomic E-state index is 0.00230. The standard InChI is InChI=1S/C21H22N4O4S/c1-2-29-17-11-7-14(8-12-17)19(27)23-21(30)25-24-20(28)15-5-9-16(10-6-15)22-18(26)13-3-4-13/h5-13H,2-4H2,1H3,(H,22,26)(H,24,28)(H2,23,25,27,30). The number of ether oxygens (including phenoxy) is 1. The van der Waals surface area contributed by atoms with E-state index in [9.17, 15) is 14.4 Å². The first kappa shape index (κ1) is 21.3. The Morgan fingerprint density at radius 1 is 0.933 bits per heavy atom. The van der Waals surface area contributed by atoms with Crippen LogP contribution in [0.5, 0.6) is 5.75 Å². The van der Waals surface area contributed by atoms with E-state index in [1.54, 1.807) is 48.5 Å². The minimum atomic E-state index is -0.437. The van der Waals surface area contributed by atoms with E-state index < -0.39 is 11.8 Å². The van der Waals surface area contributed by atoms with Crippen molar-refractivity contribution in [2.45, 2.75) is 19.8 Å². The smallest absolute Gasteiger partial charge is 0.269 e. The van der Waals surface area contributed by atoms with Gasteiger partial charge < -0.3 is 10.1 Å². The minimum Gasteiger partial charge on any atom is -0.494 e. The van der Waals surface area contributed by atoms with Crippen molar-refractivity contribution in [3.05, 3.63) is 59.7 Å². The van der Waals surface area contributed by atoms with Gasteiger partial charge in [-0.2, -0.15) is 0 Å². The van der Waals surface area contributed by atoms with E-state index >= 15 is 0 Å². The van der Waals surface area contributed by atoms with E-state index in [2.05, 4.69) is 21.5 Å². The maximum Gasteiger partial charge on any atom is 0.269 e. The highest BCUT2D eigenvalue weighted by molar-refractivity contribution is 7.80. The Balaban J connectivity index is 1.44. The van der Waals surface area contributed by atoms with Crippen LogP contribution in [0, 0.1) is 5.92 Å². The molecule has 3 rings (SSSR count). The number of benzene rings is 2. The predicted octanol–water partition coefficient (Wildman–Crippen LogP) is 2.38. The van der Waals surface area contributed by atoms with Crippen molar-refractivity contribution in [2.75, 3.05) is 11.9 Å². The lowest BCUT2D eigenvalue weighted by atomic mass is 10.2. The number of nitrogens with one attached hydrogen (secondary N) is 4. The van der Waals surface area contributed by atoms with Crippen molar-refractivity contribution < 1.29 is 19.1 Å². The van der Waals surface area contributed by atoms with Gasteiger partial charge in [0.1, 0.15) is 5.75 Å². The zero-order valence-corrected chi connectivity index (χ0v) is 17.2. The predicted molar refractivity (Wildman–Crippen MR) is 116 cm³/mol. The molecule has 2 aromatic carbocycles. The molecule has 1 saturated carbocycles. The highest BCUT2D eigenvalue weighted by atomic mass is 32.1. The molecule has 1 aliphatic rings. The van der Waals surface area contributed by atoms with Crippen molar-refractivity contribution in [3.63, 3.8) is 0 Å². The molecule has 0 saturated heterocycles. The Morgan fingerprint density at radius 2 is 1.53 bits per heavy atom. The number of carbonyl (C=O) groups is 3. The average molecular weight is 426 g/mol. The van der Waals surface area contributed by atoms with Gasteiger partial charge in [-0.05, 0) is 80.5 Å². The molecule has 156 valence electrons. The van der Waals surface area contributed by atoms with E-state index in [-0.39, 0.29) is 16.9 Å². The highest BCUT2D eigenvalue weighted by Gasteiger charge is 2.29. The lowest BCUT2D eigenvalue weighted by Crippen LogP contribution is -2.48. The van der Waals surface area contributed by atoms with E-state index in [0.29, 0.717) is 29.2 Å². The summed E-state index contributed by atoms with van der Waals surface area (Å²) in [4.78, 5) is 36.2. The summed E-state index contributed by atoms with van der Waals surface area (Å²) in [5.41, 5.74) is 6.31. The number of thiocarbonyl (C=S) groups is 1. The van der Waals surface area contributed by atoms with Crippen LogP contribution >= 0.6 is 12.2 Å². The molecule has 0 unspecified atom stereocenters. The fraction of sp³-hybridized carbons (Fsp3) is 0.238. The third kappa shape index (κ3) is 6.02. The first-order chi connectivity index (χ1) is 14.5. The summed E-state index contributed by atoms with van der Waals surface area (Å²) in [6.45, 7) is 2.41. The molecule has 0 aliphatic heterocycles. The van der Waals surface area contributed by atoms with Crippen molar-refractivity contribution in [1.82, 2.24) is 16.2 Å². The average Bonchev–Trinajstić information content (AvgIpc) is 3.59. The molecule has 30 heavy (non-hydrogen) atoms. The van der Waals surface area contributed by atoms with Crippen molar-refractivity contribution in [3.8, 4) is 5.75 Å². The Morgan fingerprint density at radius 3 is 2.13 bits per heavy atom. The Labute approximate surface area is 179 Å². The number of hydrazine groups is 1. The van der Waals surface area contributed by atoms with Crippen LogP contribution in [-0.4, -0.2) is 29.4 Å². The number of hydrogen-bond donors (Lipinski definition) is 4. The summed E-state index contributed by atoms with van der Waals surface area (Å²) in [5.74, 6) is -0.0769. The summed E-state index contributed by atoms with van der Waals surface area (Å²) < 4.78 is 5.33. The second kappa shape index (κ2) is 9.84. The lowest BCUT2D eigenvalue weighted by Gasteiger charge is -2.11. The number of amides is 3. The SMILES string of the molecule is CCOc1ccc(C(=O)NC(=S)NNC(=O)c2ccc(NC(=O)C3CC3)cc2)cc1. The fourth-order valence-corrected chi connectivity index (χ4v) is 2.70. The maximum atomic E-state index is 12.2. The molecule has 3 amide bonds. The van der Waals surface area contributed by atoms with Crippen LogP contribution in [0.4, 0.5) is 5.69 Å². The van der Waals surface area contributed by atoms with E-state index in [1.807, 2.05) is 6.92 Å². The topological polar surface area (TPSA) is 109 Å². The fourth-order valence-electron chi connectivity index (χ4n) is 2.56. The Hall–Kier alpha value is -3.46. The van der Waals surface area contributed by atoms with Crippen LogP contribution in [0.25, 0.3) is 0 Å². The molecule has 2 aromatic rings. The molecule has 0 heterocycles. The quantitative estimate of drug-likeness (QED) is 0.417. The van der Waals surface area contributed by atoms with Crippen molar-refractivity contribution >= 4 is 40.7 Å². The molecule has 9 heteroatoms. The van der Waals surface area contributed by atoms with E-state index in [4.69, 9.17) is 17.0 Å². The second-order valence-electron chi connectivity index (χ2n) is 6.66. The van der Waals surface area contributed by atoms with E-state index in [1.165, 1.54) is 0 Å². The van der Waals surface area contributed by atoms with Crippen LogP contribution in [-0.2, 0) is 4.79 Å². The first-order valence-electron chi connectivity index (χ1n) is 9.51. The lowest BCUT2D eigenvalue weighted by molar-refractivity contribution is -0.117. The zero-order chi connectivity index (χ0) is 21.5. The first-order valence-corrected chi connectivity index (χ1v) is 9.92. The maximum absolute atomic E-state index is 12.2. The third-order valence-corrected chi connectivity index (χ3v) is 4.51. The normalized spacial score (nSPS) is 12.4.